The van der Waals surface area contributed by atoms with Crippen LogP contribution in [0.4, 0.5) is 9.59 Å². The van der Waals surface area contributed by atoms with Crippen LogP contribution in [0.2, 0.25) is 0 Å². The number of hydrogen-bond acceptors (Lipinski definition) is 16. The monoisotopic (exact) mass is 674 g/mol. The number of thioether (sulfide) groups is 8. The number of aliphatic hydroxyl groups excluding tert-OH is 2. The number of nitrogens with zero attached hydrogens (tertiary/aromatic N) is 1. The van der Waals surface area contributed by atoms with Crippen molar-refractivity contribution in [2.45, 2.75) is 0 Å². The molecule has 0 atom stereocenters. The van der Waals surface area contributed by atoms with E-state index in [0.717, 1.165) is 57.2 Å². The summed E-state index contributed by atoms with van der Waals surface area (Å²) in [5.74, 6) is 9.10. The van der Waals surface area contributed by atoms with Gasteiger partial charge in [-0.1, -0.05) is 23.5 Å². The second-order valence-corrected chi connectivity index (χ2v) is 15.0. The molecule has 2 amide bonds. The van der Waals surface area contributed by atoms with Crippen LogP contribution in [0.25, 0.3) is 0 Å². The number of amides is 2. The molecule has 0 aromatic carbocycles. The third kappa shape index (κ3) is 33.2. The summed E-state index contributed by atoms with van der Waals surface area (Å²) < 4.78 is 0. The van der Waals surface area contributed by atoms with E-state index in [0.29, 0.717) is 35.9 Å². The Morgan fingerprint density at radius 3 is 2.05 bits per heavy atom. The van der Waals surface area contributed by atoms with Crippen molar-refractivity contribution in [1.29, 1.82) is 0 Å². The molecule has 0 rings (SSSR count). The fourth-order valence-corrected chi connectivity index (χ4v) is 8.33. The number of aliphatic hydroxyl groups is 2. The van der Waals surface area contributed by atoms with Gasteiger partial charge < -0.3 is 31.1 Å². The second-order valence-electron chi connectivity index (χ2n) is 6.12. The van der Waals surface area contributed by atoms with Gasteiger partial charge in [0.15, 0.2) is 0 Å². The van der Waals surface area contributed by atoms with E-state index >= 15 is 0 Å². The molecule has 0 spiro atoms. The fraction of sp³-hybridized carbons (Fsp3) is 0.842. The molecular formula is C19H38N4O6S8. The Morgan fingerprint density at radius 1 is 0.730 bits per heavy atom. The van der Waals surface area contributed by atoms with Crippen LogP contribution < -0.4 is 16.0 Å². The Bertz CT molecular complexity index is 561. The highest BCUT2D eigenvalue weighted by Gasteiger charge is 2.02. The summed E-state index contributed by atoms with van der Waals surface area (Å²) in [6.07, 6.45) is 1.30. The maximum Gasteiger partial charge on any atom is 0.280 e. The average molecular weight is 675 g/mol. The standard InChI is InChI=1S/C19H38N4O6S8/c24-2-1-20-12-30-5-7-33-15-23-19(27)37-17-35-10-9-34-16-29-28-11-21-13-31-6-8-32-14-22-18(26)36-4-3-25/h11,20,24-25H,1-10,12-17H2,(H,22,26)(H,23,27). The summed E-state index contributed by atoms with van der Waals surface area (Å²) in [4.78, 5) is 37.1. The third-order valence-corrected chi connectivity index (χ3v) is 11.1. The van der Waals surface area contributed by atoms with Crippen LogP contribution in [0, 0.1) is 0 Å². The second kappa shape index (κ2) is 33.3. The molecule has 0 saturated heterocycles. The smallest absolute Gasteiger partial charge is 0.280 e. The highest BCUT2D eigenvalue weighted by atomic mass is 32.2. The number of aliphatic imine (C=N–C) groups is 1. The molecule has 10 nitrogen and oxygen atoms in total. The van der Waals surface area contributed by atoms with E-state index in [9.17, 15) is 9.59 Å². The van der Waals surface area contributed by atoms with Gasteiger partial charge in [-0.3, -0.25) is 9.59 Å². The number of rotatable bonds is 27. The van der Waals surface area contributed by atoms with Crippen LogP contribution in [0.15, 0.2) is 4.99 Å². The first kappa shape index (κ1) is 38.0. The van der Waals surface area contributed by atoms with E-state index in [2.05, 4.69) is 20.9 Å². The minimum atomic E-state index is -0.108. The summed E-state index contributed by atoms with van der Waals surface area (Å²) in [5, 5.41) is 26.7. The molecule has 0 aliphatic heterocycles. The zero-order chi connectivity index (χ0) is 27.1. The van der Waals surface area contributed by atoms with Crippen molar-refractivity contribution in [2.24, 2.45) is 4.99 Å². The lowest BCUT2D eigenvalue weighted by Gasteiger charge is -2.05. The van der Waals surface area contributed by atoms with E-state index in [1.807, 2.05) is 0 Å². The van der Waals surface area contributed by atoms with E-state index in [1.165, 1.54) is 18.2 Å². The first-order valence-corrected chi connectivity index (χ1v) is 20.1. The van der Waals surface area contributed by atoms with Crippen LogP contribution in [-0.2, 0) is 9.78 Å². The molecule has 218 valence electrons. The molecule has 0 bridgehead atoms. The first-order valence-electron chi connectivity index (χ1n) is 11.2. The number of carbonyl (C=O) groups is 2. The van der Waals surface area contributed by atoms with Gasteiger partial charge >= 0.3 is 0 Å². The molecular weight excluding hydrogens is 637 g/mol. The van der Waals surface area contributed by atoms with Crippen LogP contribution in [-0.4, -0.2) is 122 Å². The van der Waals surface area contributed by atoms with Crippen LogP contribution in [0.5, 0.6) is 0 Å². The Balaban J connectivity index is 3.23. The number of nitrogens with one attached hydrogen (secondary N) is 3. The summed E-state index contributed by atoms with van der Waals surface area (Å²) in [5.41, 5.74) is 0. The lowest BCUT2D eigenvalue weighted by Crippen LogP contribution is -2.19. The number of hydrogen-bond donors (Lipinski definition) is 5. The van der Waals surface area contributed by atoms with E-state index < -0.39 is 0 Å². The van der Waals surface area contributed by atoms with Gasteiger partial charge in [0.2, 0.25) is 6.40 Å². The van der Waals surface area contributed by atoms with Gasteiger partial charge in [-0.05, 0) is 0 Å². The Hall–Kier alpha value is 1.05. The molecule has 0 unspecified atom stereocenters. The van der Waals surface area contributed by atoms with Gasteiger partial charge in [0.05, 0.1) is 30.8 Å². The average Bonchev–Trinajstić information content (AvgIpc) is 2.90. The predicted molar refractivity (Wildman–Crippen MR) is 174 cm³/mol. The molecule has 0 aliphatic carbocycles. The van der Waals surface area contributed by atoms with Crippen molar-refractivity contribution >= 4 is 111 Å². The van der Waals surface area contributed by atoms with Crippen LogP contribution >= 0.6 is 94.1 Å². The molecule has 5 N–H and O–H groups in total. The molecule has 0 aromatic rings. The maximum atomic E-state index is 11.8. The van der Waals surface area contributed by atoms with Crippen molar-refractivity contribution in [2.75, 3.05) is 94.6 Å². The van der Waals surface area contributed by atoms with Crippen LogP contribution in [0.3, 0.4) is 0 Å². The molecule has 0 saturated carbocycles. The summed E-state index contributed by atoms with van der Waals surface area (Å²) in [7, 11) is 0. The van der Waals surface area contributed by atoms with Gasteiger partial charge in [-0.2, -0.15) is 4.89 Å². The van der Waals surface area contributed by atoms with Gasteiger partial charge in [0.25, 0.3) is 10.5 Å². The van der Waals surface area contributed by atoms with Crippen molar-refractivity contribution in [1.82, 2.24) is 16.0 Å². The molecule has 0 fully saturated rings. The fourth-order valence-electron chi connectivity index (χ4n) is 1.74. The Kier molecular flexibility index (Phi) is 34.2. The molecule has 0 heterocycles. The lowest BCUT2D eigenvalue weighted by molar-refractivity contribution is -0.196. The van der Waals surface area contributed by atoms with Crippen molar-refractivity contribution < 1.29 is 29.6 Å². The lowest BCUT2D eigenvalue weighted by atomic mass is 10.7. The third-order valence-electron chi connectivity index (χ3n) is 3.33. The molecule has 0 aliphatic rings. The topological polar surface area (TPSA) is 142 Å². The molecule has 37 heavy (non-hydrogen) atoms. The molecule has 0 aromatic heterocycles. The highest BCUT2D eigenvalue weighted by Crippen LogP contribution is 2.15. The summed E-state index contributed by atoms with van der Waals surface area (Å²) >= 11 is 12.5. The Morgan fingerprint density at radius 2 is 1.35 bits per heavy atom. The number of carbonyl (C=O) groups excluding carboxylic acids is 2. The predicted octanol–water partition coefficient (Wildman–Crippen LogP) is 3.57. The van der Waals surface area contributed by atoms with Crippen LogP contribution in [0.1, 0.15) is 0 Å². The quantitative estimate of drug-likeness (QED) is 0.0216. The SMILES string of the molecule is O=C(NCSCCSCN=COOCSCCSCSC(=O)NCSCCSCNCCO)SCCO. The summed E-state index contributed by atoms with van der Waals surface area (Å²) in [6, 6.07) is 0. The zero-order valence-electron chi connectivity index (χ0n) is 20.6. The summed E-state index contributed by atoms with van der Waals surface area (Å²) in [6.45, 7) is 0.796. The van der Waals surface area contributed by atoms with Gasteiger partial charge in [0, 0.05) is 57.8 Å². The van der Waals surface area contributed by atoms with Gasteiger partial charge in [-0.15, -0.1) is 70.6 Å². The largest absolute Gasteiger partial charge is 0.396 e. The Labute approximate surface area is 254 Å². The minimum absolute atomic E-state index is 0.00484. The van der Waals surface area contributed by atoms with Crippen molar-refractivity contribution in [3.8, 4) is 0 Å². The van der Waals surface area contributed by atoms with Gasteiger partial charge in [-0.25, -0.2) is 4.99 Å². The molecule has 18 heteroatoms. The normalized spacial score (nSPS) is 11.2. The zero-order valence-corrected chi connectivity index (χ0v) is 27.2. The van der Waals surface area contributed by atoms with E-state index in [1.54, 1.807) is 70.6 Å². The highest BCUT2D eigenvalue weighted by molar-refractivity contribution is 8.24. The maximum absolute atomic E-state index is 11.8. The van der Waals surface area contributed by atoms with Crippen molar-refractivity contribution in [3.05, 3.63) is 0 Å². The first-order chi connectivity index (χ1) is 18.2. The van der Waals surface area contributed by atoms with E-state index in [4.69, 9.17) is 20.0 Å². The van der Waals surface area contributed by atoms with Gasteiger partial charge in [0.1, 0.15) is 5.94 Å². The molecule has 0 radical (unpaired) electrons. The minimum Gasteiger partial charge on any atom is -0.396 e. The van der Waals surface area contributed by atoms with E-state index in [-0.39, 0.29) is 23.7 Å². The van der Waals surface area contributed by atoms with Crippen molar-refractivity contribution in [3.63, 3.8) is 0 Å².